The predicted octanol–water partition coefficient (Wildman–Crippen LogP) is 3.62. The molecule has 0 aromatic heterocycles. The fraction of sp³-hybridized carbons (Fsp3) is 0.579. The van der Waals surface area contributed by atoms with Crippen LogP contribution in [0.25, 0.3) is 0 Å². The van der Waals surface area contributed by atoms with Crippen LogP contribution < -0.4 is 0 Å². The minimum atomic E-state index is -5.50. The minimum absolute atomic E-state index is 0.0196. The molecule has 0 amide bonds. The van der Waals surface area contributed by atoms with E-state index in [1.807, 2.05) is 0 Å². The second-order valence-corrected chi connectivity index (χ2v) is 8.86. The molecule has 1 aromatic rings. The van der Waals surface area contributed by atoms with E-state index in [2.05, 4.69) is 9.13 Å². The zero-order valence-electron chi connectivity index (χ0n) is 17.0. The maximum Gasteiger partial charge on any atom is 0.461 e. The van der Waals surface area contributed by atoms with Gasteiger partial charge in [0.1, 0.15) is 5.84 Å². The number of halogens is 2. The van der Waals surface area contributed by atoms with E-state index in [1.165, 1.54) is 13.8 Å². The van der Waals surface area contributed by atoms with Gasteiger partial charge in [-0.2, -0.15) is 17.2 Å². The summed E-state index contributed by atoms with van der Waals surface area (Å²) in [6.07, 6.45) is -0.865. The molecule has 0 fully saturated rings. The van der Waals surface area contributed by atoms with E-state index in [9.17, 15) is 22.0 Å². The molecule has 0 spiro atoms. The van der Waals surface area contributed by atoms with Crippen molar-refractivity contribution in [3.05, 3.63) is 35.9 Å². The molecule has 28 heavy (non-hydrogen) atoms. The Morgan fingerprint density at radius 1 is 1.07 bits per heavy atom. The number of nitrogens with zero attached hydrogens (tertiary/aromatic N) is 2. The van der Waals surface area contributed by atoms with Crippen LogP contribution in [0.2, 0.25) is 0 Å². The Morgan fingerprint density at radius 2 is 1.57 bits per heavy atom. The minimum Gasteiger partial charge on any atom is -0.458 e. The number of rotatable bonds is 8. The van der Waals surface area contributed by atoms with Crippen molar-refractivity contribution in [3.8, 4) is 0 Å². The summed E-state index contributed by atoms with van der Waals surface area (Å²) in [6.45, 7) is 9.92. The van der Waals surface area contributed by atoms with Crippen LogP contribution in [0, 0.1) is 0 Å². The molecule has 1 rings (SSSR count). The van der Waals surface area contributed by atoms with Gasteiger partial charge in [0, 0.05) is 18.5 Å². The summed E-state index contributed by atoms with van der Waals surface area (Å²) in [7, 11) is -5.50. The van der Waals surface area contributed by atoms with Crippen molar-refractivity contribution in [2.45, 2.75) is 71.4 Å². The van der Waals surface area contributed by atoms with E-state index in [-0.39, 0.29) is 24.3 Å². The van der Waals surface area contributed by atoms with E-state index in [0.717, 1.165) is 0 Å². The van der Waals surface area contributed by atoms with Crippen molar-refractivity contribution in [3.63, 3.8) is 0 Å². The Balaban J connectivity index is 3.45. The molecular weight excluding hydrogens is 390 g/mol. The van der Waals surface area contributed by atoms with Crippen LogP contribution in [0.5, 0.6) is 0 Å². The molecule has 0 radical (unpaired) electrons. The van der Waals surface area contributed by atoms with Crippen molar-refractivity contribution in [2.75, 3.05) is 0 Å². The Hall–Kier alpha value is -2.03. The molecule has 158 valence electrons. The summed E-state index contributed by atoms with van der Waals surface area (Å²) in [4.78, 5) is 13.3. The van der Waals surface area contributed by atoms with Crippen molar-refractivity contribution in [2.24, 2.45) is 4.40 Å². The second-order valence-electron chi connectivity index (χ2n) is 7.21. The lowest BCUT2D eigenvalue weighted by molar-refractivity contribution is -0.164. The van der Waals surface area contributed by atoms with E-state index in [1.54, 1.807) is 62.9 Å². The first-order valence-electron chi connectivity index (χ1n) is 9.04. The molecule has 9 heteroatoms. The van der Waals surface area contributed by atoms with Crippen molar-refractivity contribution in [1.82, 2.24) is 4.90 Å². The third-order valence-corrected chi connectivity index (χ3v) is 5.01. The largest absolute Gasteiger partial charge is 0.461 e. The van der Waals surface area contributed by atoms with Gasteiger partial charge in [0.2, 0.25) is 0 Å². The first-order chi connectivity index (χ1) is 12.8. The monoisotopic (exact) mass is 418 g/mol. The third-order valence-electron chi connectivity index (χ3n) is 3.75. The molecule has 0 aliphatic rings. The molecule has 0 bridgehead atoms. The summed E-state index contributed by atoms with van der Waals surface area (Å²) in [6, 6.07) is 8.38. The van der Waals surface area contributed by atoms with Gasteiger partial charge in [-0.25, -0.2) is 4.79 Å². The number of hydrogen-bond donors (Lipinski definition) is 0. The summed E-state index contributed by atoms with van der Waals surface area (Å²) >= 11 is 0. The standard InChI is InChI=1S/C19H28F2N2O4S/c1-13(2)23(14(3)4)17(12-16-10-8-7-9-11-16)22-28(25,26)19(20,21)18(24)27-15(5)6/h7-11,13-15H,12H2,1-6H3/b22-17-. The van der Waals surface area contributed by atoms with Gasteiger partial charge in [0.15, 0.2) is 0 Å². The van der Waals surface area contributed by atoms with Crippen molar-refractivity contribution < 1.29 is 26.7 Å². The smallest absolute Gasteiger partial charge is 0.458 e. The number of alkyl halides is 2. The number of sulfonamides is 1. The topological polar surface area (TPSA) is 76.0 Å². The van der Waals surface area contributed by atoms with E-state index < -0.39 is 27.4 Å². The lowest BCUT2D eigenvalue weighted by Gasteiger charge is -2.34. The summed E-state index contributed by atoms with van der Waals surface area (Å²) in [5.41, 5.74) is 0.704. The predicted molar refractivity (Wildman–Crippen MR) is 105 cm³/mol. The number of carbonyl (C=O) groups is 1. The number of benzene rings is 1. The number of hydrogen-bond acceptors (Lipinski definition) is 4. The van der Waals surface area contributed by atoms with Crippen LogP contribution >= 0.6 is 0 Å². The van der Waals surface area contributed by atoms with E-state index in [4.69, 9.17) is 0 Å². The van der Waals surface area contributed by atoms with Crippen molar-refractivity contribution in [1.29, 1.82) is 0 Å². The molecule has 0 unspecified atom stereocenters. The lowest BCUT2D eigenvalue weighted by Crippen LogP contribution is -2.45. The molecule has 0 saturated heterocycles. The molecule has 0 N–H and O–H groups in total. The SMILES string of the molecule is CC(C)OC(=O)C(F)(F)S(=O)(=O)/N=C(/Cc1ccccc1)N(C(C)C)C(C)C. The highest BCUT2D eigenvalue weighted by Crippen LogP contribution is 2.27. The maximum absolute atomic E-state index is 14.3. The Bertz CT molecular complexity index is 783. The molecule has 1 aromatic carbocycles. The quantitative estimate of drug-likeness (QED) is 0.366. The number of ether oxygens (including phenoxy) is 1. The van der Waals surface area contributed by atoms with Gasteiger partial charge in [-0.3, -0.25) is 0 Å². The van der Waals surface area contributed by atoms with Gasteiger partial charge in [-0.05, 0) is 47.1 Å². The highest BCUT2D eigenvalue weighted by molar-refractivity contribution is 7.92. The van der Waals surface area contributed by atoms with Crippen LogP contribution in [0.3, 0.4) is 0 Å². The van der Waals surface area contributed by atoms with Crippen LogP contribution in [0.4, 0.5) is 8.78 Å². The van der Waals surface area contributed by atoms with Gasteiger partial charge in [-0.1, -0.05) is 30.3 Å². The molecule has 0 saturated carbocycles. The highest BCUT2D eigenvalue weighted by Gasteiger charge is 2.55. The zero-order valence-corrected chi connectivity index (χ0v) is 17.8. The summed E-state index contributed by atoms with van der Waals surface area (Å²) in [5.74, 6) is -2.20. The van der Waals surface area contributed by atoms with Crippen LogP contribution in [-0.2, 0) is 26.0 Å². The average Bonchev–Trinajstić information content (AvgIpc) is 2.53. The van der Waals surface area contributed by atoms with Gasteiger partial charge >= 0.3 is 21.2 Å². The van der Waals surface area contributed by atoms with Gasteiger partial charge < -0.3 is 9.64 Å². The molecule has 6 nitrogen and oxygen atoms in total. The van der Waals surface area contributed by atoms with E-state index >= 15 is 0 Å². The molecule has 0 aliphatic carbocycles. The Kier molecular flexibility index (Phi) is 8.10. The van der Waals surface area contributed by atoms with Gasteiger partial charge in [0.05, 0.1) is 6.10 Å². The summed E-state index contributed by atoms with van der Waals surface area (Å²) in [5, 5.41) is -4.78. The molecule has 0 aliphatic heterocycles. The van der Waals surface area contributed by atoms with Crippen LogP contribution in [0.1, 0.15) is 47.1 Å². The summed E-state index contributed by atoms with van der Waals surface area (Å²) < 4.78 is 61.2. The third kappa shape index (κ3) is 5.98. The normalized spacial score (nSPS) is 13.3. The fourth-order valence-electron chi connectivity index (χ4n) is 2.73. The zero-order chi connectivity index (χ0) is 21.7. The number of amidine groups is 1. The average molecular weight is 419 g/mol. The number of esters is 1. The van der Waals surface area contributed by atoms with Crippen molar-refractivity contribution >= 4 is 21.8 Å². The first kappa shape index (κ1) is 24.0. The lowest BCUT2D eigenvalue weighted by atomic mass is 10.1. The van der Waals surface area contributed by atoms with Crippen LogP contribution in [-0.4, -0.2) is 48.6 Å². The fourth-order valence-corrected chi connectivity index (χ4v) is 3.54. The number of carbonyl (C=O) groups excluding carboxylic acids is 1. The Labute approximate surface area is 165 Å². The maximum atomic E-state index is 14.3. The molecule has 0 heterocycles. The highest BCUT2D eigenvalue weighted by atomic mass is 32.2. The van der Waals surface area contributed by atoms with Gasteiger partial charge in [-0.15, -0.1) is 4.40 Å². The van der Waals surface area contributed by atoms with Gasteiger partial charge in [0.25, 0.3) is 0 Å². The first-order valence-corrected chi connectivity index (χ1v) is 10.5. The van der Waals surface area contributed by atoms with Crippen LogP contribution in [0.15, 0.2) is 34.7 Å². The second kappa shape index (κ2) is 9.45. The molecule has 0 atom stereocenters. The van der Waals surface area contributed by atoms with E-state index in [0.29, 0.717) is 5.56 Å². The molecular formula is C19H28F2N2O4S. The Morgan fingerprint density at radius 3 is 2.00 bits per heavy atom.